The van der Waals surface area contributed by atoms with Gasteiger partial charge in [0.1, 0.15) is 23.2 Å². The van der Waals surface area contributed by atoms with Gasteiger partial charge < -0.3 is 10.5 Å². The number of ether oxygens (including phenoxy) is 1. The summed E-state index contributed by atoms with van der Waals surface area (Å²) in [6, 6.07) is 9.76. The fraction of sp³-hybridized carbons (Fsp3) is 0.235. The lowest BCUT2D eigenvalue weighted by Crippen LogP contribution is -2.03. The molecule has 2 N–H and O–H groups in total. The average Bonchev–Trinajstić information content (AvgIpc) is 2.95. The Balaban J connectivity index is 2.42. The zero-order valence-corrected chi connectivity index (χ0v) is 13.2. The maximum Gasteiger partial charge on any atom is 0.165 e. The molecular formula is C17H17N5O. The van der Waals surface area contributed by atoms with Crippen LogP contribution in [0.25, 0.3) is 16.8 Å². The van der Waals surface area contributed by atoms with E-state index in [1.165, 1.54) is 10.7 Å². The topological polar surface area (TPSA) is 89.2 Å². The molecule has 2 aromatic heterocycles. The van der Waals surface area contributed by atoms with Crippen LogP contribution in [0.4, 0.5) is 5.82 Å². The number of rotatable bonds is 3. The number of nitriles is 1. The molecule has 0 aliphatic carbocycles. The molecule has 0 atom stereocenters. The van der Waals surface area contributed by atoms with E-state index >= 15 is 0 Å². The van der Waals surface area contributed by atoms with Gasteiger partial charge in [0.25, 0.3) is 0 Å². The van der Waals surface area contributed by atoms with Crippen molar-refractivity contribution in [2.75, 3.05) is 12.8 Å². The number of nitrogens with two attached hydrogens (primary N) is 1. The number of benzene rings is 1. The number of hydrogen-bond acceptors (Lipinski definition) is 5. The van der Waals surface area contributed by atoms with Crippen LogP contribution >= 0.6 is 0 Å². The first-order valence-electron chi connectivity index (χ1n) is 7.29. The lowest BCUT2D eigenvalue weighted by molar-refractivity contribution is 0.416. The number of hydrogen-bond donors (Lipinski definition) is 1. The number of methoxy groups -OCH3 is 1. The van der Waals surface area contributed by atoms with E-state index in [-0.39, 0.29) is 5.92 Å². The van der Waals surface area contributed by atoms with E-state index in [1.54, 1.807) is 7.11 Å². The van der Waals surface area contributed by atoms with Gasteiger partial charge in [0, 0.05) is 5.56 Å². The molecule has 1 aromatic carbocycles. The number of nitrogens with zero attached hydrogens (tertiary/aromatic N) is 4. The lowest BCUT2D eigenvalue weighted by atomic mass is 9.99. The summed E-state index contributed by atoms with van der Waals surface area (Å²) in [7, 11) is 1.63. The minimum Gasteiger partial charge on any atom is -0.496 e. The van der Waals surface area contributed by atoms with Gasteiger partial charge in [0.05, 0.1) is 24.6 Å². The predicted molar refractivity (Wildman–Crippen MR) is 88.2 cm³/mol. The molecule has 2 heterocycles. The monoisotopic (exact) mass is 307 g/mol. The molecule has 0 aliphatic rings. The maximum absolute atomic E-state index is 9.13. The molecule has 0 unspecified atom stereocenters. The highest BCUT2D eigenvalue weighted by molar-refractivity contribution is 5.85. The highest BCUT2D eigenvalue weighted by Gasteiger charge is 2.22. The minimum atomic E-state index is 0.168. The third-order valence-electron chi connectivity index (χ3n) is 3.75. The lowest BCUT2D eigenvalue weighted by Gasteiger charge is -2.10. The fourth-order valence-electron chi connectivity index (χ4n) is 2.62. The van der Waals surface area contributed by atoms with Gasteiger partial charge in [0.2, 0.25) is 0 Å². The number of para-hydroxylation sites is 1. The molecule has 0 saturated heterocycles. The van der Waals surface area contributed by atoms with Gasteiger partial charge in [-0.05, 0) is 12.0 Å². The van der Waals surface area contributed by atoms with Crippen LogP contribution in [0.5, 0.6) is 5.75 Å². The molecule has 0 bridgehead atoms. The molecule has 6 nitrogen and oxygen atoms in total. The summed E-state index contributed by atoms with van der Waals surface area (Å²) < 4.78 is 7.02. The Hall–Kier alpha value is -3.07. The summed E-state index contributed by atoms with van der Waals surface area (Å²) in [5.41, 5.74) is 9.65. The molecule has 0 radical (unpaired) electrons. The van der Waals surface area contributed by atoms with Crippen LogP contribution in [0.3, 0.4) is 0 Å². The molecule has 0 saturated carbocycles. The van der Waals surface area contributed by atoms with Gasteiger partial charge in [-0.15, -0.1) is 0 Å². The van der Waals surface area contributed by atoms with Gasteiger partial charge in [0.15, 0.2) is 5.65 Å². The Morgan fingerprint density at radius 2 is 2.04 bits per heavy atom. The van der Waals surface area contributed by atoms with Crippen molar-refractivity contribution in [3.63, 3.8) is 0 Å². The average molecular weight is 307 g/mol. The third kappa shape index (κ3) is 2.27. The molecular weight excluding hydrogens is 290 g/mol. The quantitative estimate of drug-likeness (QED) is 0.803. The van der Waals surface area contributed by atoms with E-state index in [1.807, 2.05) is 30.3 Å². The van der Waals surface area contributed by atoms with Crippen molar-refractivity contribution in [3.05, 3.63) is 41.7 Å². The summed E-state index contributed by atoms with van der Waals surface area (Å²) in [5, 5.41) is 13.7. The highest BCUT2D eigenvalue weighted by atomic mass is 16.5. The second kappa shape index (κ2) is 5.61. The van der Waals surface area contributed by atoms with Gasteiger partial charge in [-0.3, -0.25) is 0 Å². The Morgan fingerprint density at radius 1 is 1.30 bits per heavy atom. The van der Waals surface area contributed by atoms with E-state index in [4.69, 9.17) is 15.7 Å². The predicted octanol–water partition coefficient (Wildman–Crippen LogP) is 2.98. The van der Waals surface area contributed by atoms with Crippen LogP contribution < -0.4 is 10.5 Å². The third-order valence-corrected chi connectivity index (χ3v) is 3.75. The number of anilines is 1. The standard InChI is InChI=1S/C17H17N5O/c1-10(2)15-14(12-6-4-5-7-13(12)23-3)17-20-9-11(8-18)16(19)22(17)21-15/h4-7,9-10H,19H2,1-3H3. The van der Waals surface area contributed by atoms with Gasteiger partial charge in [-0.1, -0.05) is 32.0 Å². The first-order valence-corrected chi connectivity index (χ1v) is 7.29. The van der Waals surface area contributed by atoms with Gasteiger partial charge >= 0.3 is 0 Å². The van der Waals surface area contributed by atoms with Crippen LogP contribution in [-0.4, -0.2) is 21.7 Å². The molecule has 23 heavy (non-hydrogen) atoms. The second-order valence-corrected chi connectivity index (χ2v) is 5.52. The van der Waals surface area contributed by atoms with Crippen molar-refractivity contribution in [2.24, 2.45) is 0 Å². The van der Waals surface area contributed by atoms with E-state index < -0.39 is 0 Å². The SMILES string of the molecule is COc1ccccc1-c1c(C(C)C)nn2c(N)c(C#N)cnc12. The number of nitrogen functional groups attached to an aromatic ring is 1. The minimum absolute atomic E-state index is 0.168. The molecule has 3 rings (SSSR count). The van der Waals surface area contributed by atoms with Gasteiger partial charge in [-0.25, -0.2) is 4.98 Å². The summed E-state index contributed by atoms with van der Waals surface area (Å²) in [4.78, 5) is 4.41. The van der Waals surface area contributed by atoms with Crippen molar-refractivity contribution >= 4 is 11.5 Å². The first-order chi connectivity index (χ1) is 11.1. The molecule has 0 spiro atoms. The molecule has 116 valence electrons. The van der Waals surface area contributed by atoms with E-state index in [9.17, 15) is 0 Å². The Bertz CT molecular complexity index is 921. The van der Waals surface area contributed by atoms with Crippen molar-refractivity contribution in [2.45, 2.75) is 19.8 Å². The second-order valence-electron chi connectivity index (χ2n) is 5.52. The largest absolute Gasteiger partial charge is 0.496 e. The highest BCUT2D eigenvalue weighted by Crippen LogP contribution is 2.38. The summed E-state index contributed by atoms with van der Waals surface area (Å²) in [6.07, 6.45) is 1.48. The first kappa shape index (κ1) is 14.9. The summed E-state index contributed by atoms with van der Waals surface area (Å²) >= 11 is 0. The van der Waals surface area contributed by atoms with Gasteiger partial charge in [-0.2, -0.15) is 14.9 Å². The number of fused-ring (bicyclic) bond motifs is 1. The van der Waals surface area contributed by atoms with Crippen LogP contribution in [0.1, 0.15) is 31.0 Å². The Kier molecular flexibility index (Phi) is 3.62. The van der Waals surface area contributed by atoms with Crippen LogP contribution in [0.2, 0.25) is 0 Å². The fourth-order valence-corrected chi connectivity index (χ4v) is 2.62. The summed E-state index contributed by atoms with van der Waals surface area (Å²) in [6.45, 7) is 4.12. The smallest absolute Gasteiger partial charge is 0.165 e. The zero-order valence-electron chi connectivity index (χ0n) is 13.2. The maximum atomic E-state index is 9.13. The van der Waals surface area contributed by atoms with Crippen LogP contribution in [0, 0.1) is 11.3 Å². The van der Waals surface area contributed by atoms with Crippen molar-refractivity contribution in [1.29, 1.82) is 5.26 Å². The van der Waals surface area contributed by atoms with E-state index in [0.29, 0.717) is 17.0 Å². The Labute approximate surface area is 134 Å². The van der Waals surface area contributed by atoms with Crippen LogP contribution in [-0.2, 0) is 0 Å². The molecule has 6 heteroatoms. The Morgan fingerprint density at radius 3 is 2.70 bits per heavy atom. The van der Waals surface area contributed by atoms with E-state index in [2.05, 4.69) is 23.9 Å². The van der Waals surface area contributed by atoms with Crippen molar-refractivity contribution < 1.29 is 4.74 Å². The summed E-state index contributed by atoms with van der Waals surface area (Å²) in [5.74, 6) is 1.20. The molecule has 0 amide bonds. The number of aromatic nitrogens is 3. The van der Waals surface area contributed by atoms with E-state index in [0.717, 1.165) is 22.6 Å². The molecule has 0 fully saturated rings. The molecule has 3 aromatic rings. The molecule has 0 aliphatic heterocycles. The van der Waals surface area contributed by atoms with Crippen molar-refractivity contribution in [1.82, 2.24) is 14.6 Å². The van der Waals surface area contributed by atoms with Crippen molar-refractivity contribution in [3.8, 4) is 22.9 Å². The van der Waals surface area contributed by atoms with Crippen LogP contribution in [0.15, 0.2) is 30.5 Å². The zero-order chi connectivity index (χ0) is 16.6. The normalized spacial score (nSPS) is 10.9.